The highest BCUT2D eigenvalue weighted by atomic mass is 16.5. The lowest BCUT2D eigenvalue weighted by Crippen LogP contribution is -2.35. The zero-order valence-corrected chi connectivity index (χ0v) is 18.8. The molecule has 2 amide bonds. The Morgan fingerprint density at radius 1 is 0.968 bits per heavy atom. The average molecular weight is 423 g/mol. The molecule has 31 heavy (non-hydrogen) atoms. The molecule has 0 saturated carbocycles. The molecule has 0 aliphatic carbocycles. The Bertz CT molecular complexity index is 993. The van der Waals surface area contributed by atoms with Crippen molar-refractivity contribution in [2.24, 2.45) is 5.92 Å². The van der Waals surface area contributed by atoms with Gasteiger partial charge in [0.1, 0.15) is 11.4 Å². The largest absolute Gasteiger partial charge is 0.493 e. The molecule has 6 nitrogen and oxygen atoms in total. The van der Waals surface area contributed by atoms with Crippen molar-refractivity contribution in [3.63, 3.8) is 0 Å². The topological polar surface area (TPSA) is 67.9 Å². The molecule has 0 fully saturated rings. The molecular weight excluding hydrogens is 392 g/mol. The van der Waals surface area contributed by atoms with Gasteiger partial charge in [-0.1, -0.05) is 32.0 Å². The van der Waals surface area contributed by atoms with Gasteiger partial charge in [0.05, 0.1) is 25.3 Å². The Balaban J connectivity index is 1.96. The second-order valence-electron chi connectivity index (χ2n) is 8.16. The first kappa shape index (κ1) is 22.6. The van der Waals surface area contributed by atoms with E-state index in [-0.39, 0.29) is 30.7 Å². The van der Waals surface area contributed by atoms with E-state index >= 15 is 0 Å². The van der Waals surface area contributed by atoms with Crippen molar-refractivity contribution in [1.29, 1.82) is 0 Å². The second-order valence-corrected chi connectivity index (χ2v) is 8.16. The number of anilines is 1. The number of carbonyl (C=O) groups is 2. The van der Waals surface area contributed by atoms with Gasteiger partial charge in [0, 0.05) is 12.8 Å². The van der Waals surface area contributed by atoms with Crippen molar-refractivity contribution in [2.45, 2.75) is 27.7 Å². The summed E-state index contributed by atoms with van der Waals surface area (Å²) in [6.07, 6.45) is 0. The SMILES string of the molecule is COCCN1C(=O)C(Nc2ccc(C)c(C)c2)=C(c2ccc(OCC(C)C)cc2)C1=O. The Labute approximate surface area is 183 Å². The molecule has 0 spiro atoms. The first-order chi connectivity index (χ1) is 14.8. The van der Waals surface area contributed by atoms with Gasteiger partial charge in [0.2, 0.25) is 0 Å². The molecule has 0 saturated heterocycles. The number of nitrogens with zero attached hydrogens (tertiary/aromatic N) is 1. The van der Waals surface area contributed by atoms with Crippen LogP contribution in [0.25, 0.3) is 5.57 Å². The normalized spacial score (nSPS) is 14.1. The van der Waals surface area contributed by atoms with Crippen LogP contribution in [0.2, 0.25) is 0 Å². The van der Waals surface area contributed by atoms with Gasteiger partial charge in [-0.3, -0.25) is 14.5 Å². The number of carbonyl (C=O) groups excluding carboxylic acids is 2. The summed E-state index contributed by atoms with van der Waals surface area (Å²) in [5.41, 5.74) is 4.33. The minimum atomic E-state index is -0.351. The van der Waals surface area contributed by atoms with Crippen LogP contribution in [0.1, 0.15) is 30.5 Å². The van der Waals surface area contributed by atoms with Crippen molar-refractivity contribution in [3.8, 4) is 5.75 Å². The maximum absolute atomic E-state index is 13.2. The van der Waals surface area contributed by atoms with Crippen LogP contribution in [0, 0.1) is 19.8 Å². The fourth-order valence-corrected chi connectivity index (χ4v) is 3.29. The van der Waals surface area contributed by atoms with Gasteiger partial charge < -0.3 is 14.8 Å². The van der Waals surface area contributed by atoms with Crippen molar-refractivity contribution in [1.82, 2.24) is 4.90 Å². The summed E-state index contributed by atoms with van der Waals surface area (Å²) in [5.74, 6) is 0.467. The van der Waals surface area contributed by atoms with E-state index < -0.39 is 0 Å². The quantitative estimate of drug-likeness (QED) is 0.614. The number of benzene rings is 2. The predicted octanol–water partition coefficient (Wildman–Crippen LogP) is 4.18. The first-order valence-electron chi connectivity index (χ1n) is 10.5. The maximum Gasteiger partial charge on any atom is 0.278 e. The van der Waals surface area contributed by atoms with Crippen LogP contribution < -0.4 is 10.1 Å². The molecule has 1 aliphatic rings. The maximum atomic E-state index is 13.2. The van der Waals surface area contributed by atoms with Crippen molar-refractivity contribution in [2.75, 3.05) is 32.2 Å². The van der Waals surface area contributed by atoms with Gasteiger partial charge in [-0.25, -0.2) is 0 Å². The molecule has 1 N–H and O–H groups in total. The Kier molecular flexibility index (Phi) is 7.13. The monoisotopic (exact) mass is 422 g/mol. The summed E-state index contributed by atoms with van der Waals surface area (Å²) in [4.78, 5) is 27.5. The van der Waals surface area contributed by atoms with Gasteiger partial charge in [-0.2, -0.15) is 0 Å². The fraction of sp³-hybridized carbons (Fsp3) is 0.360. The van der Waals surface area contributed by atoms with Crippen LogP contribution in [0.15, 0.2) is 48.2 Å². The van der Waals surface area contributed by atoms with E-state index in [1.54, 1.807) is 7.11 Å². The molecule has 2 aromatic carbocycles. The number of hydrogen-bond donors (Lipinski definition) is 1. The van der Waals surface area contributed by atoms with Gasteiger partial charge >= 0.3 is 0 Å². The van der Waals surface area contributed by atoms with Gasteiger partial charge in [0.25, 0.3) is 11.8 Å². The van der Waals surface area contributed by atoms with Crippen LogP contribution >= 0.6 is 0 Å². The number of methoxy groups -OCH3 is 1. The van der Waals surface area contributed by atoms with Crippen LogP contribution in [0.4, 0.5) is 5.69 Å². The number of rotatable bonds is 9. The summed E-state index contributed by atoms with van der Waals surface area (Å²) in [7, 11) is 1.55. The number of amides is 2. The predicted molar refractivity (Wildman–Crippen MR) is 122 cm³/mol. The van der Waals surface area contributed by atoms with Crippen LogP contribution in [0.3, 0.4) is 0 Å². The molecule has 3 rings (SSSR count). The summed E-state index contributed by atoms with van der Waals surface area (Å²) in [6, 6.07) is 13.2. The number of ether oxygens (including phenoxy) is 2. The fourth-order valence-electron chi connectivity index (χ4n) is 3.29. The third-order valence-electron chi connectivity index (χ3n) is 5.19. The molecule has 1 aliphatic heterocycles. The van der Waals surface area contributed by atoms with E-state index in [0.717, 1.165) is 22.6 Å². The Morgan fingerprint density at radius 2 is 1.68 bits per heavy atom. The summed E-state index contributed by atoms with van der Waals surface area (Å²) >= 11 is 0. The Morgan fingerprint density at radius 3 is 2.29 bits per heavy atom. The zero-order chi connectivity index (χ0) is 22.5. The number of nitrogens with one attached hydrogen (secondary N) is 1. The van der Waals surface area contributed by atoms with E-state index in [9.17, 15) is 9.59 Å². The first-order valence-corrected chi connectivity index (χ1v) is 10.5. The van der Waals surface area contributed by atoms with Gasteiger partial charge in [-0.15, -0.1) is 0 Å². The van der Waals surface area contributed by atoms with E-state index in [2.05, 4.69) is 19.2 Å². The van der Waals surface area contributed by atoms with E-state index in [1.807, 2.05) is 56.3 Å². The Hall–Kier alpha value is -3.12. The van der Waals surface area contributed by atoms with Crippen LogP contribution in [0.5, 0.6) is 5.75 Å². The smallest absolute Gasteiger partial charge is 0.278 e. The molecule has 1 heterocycles. The highest BCUT2D eigenvalue weighted by Gasteiger charge is 2.39. The lowest BCUT2D eigenvalue weighted by atomic mass is 10.0. The van der Waals surface area contributed by atoms with E-state index in [4.69, 9.17) is 9.47 Å². The van der Waals surface area contributed by atoms with Crippen molar-refractivity contribution < 1.29 is 19.1 Å². The zero-order valence-electron chi connectivity index (χ0n) is 18.8. The van der Waals surface area contributed by atoms with Crippen molar-refractivity contribution in [3.05, 3.63) is 64.9 Å². The summed E-state index contributed by atoms with van der Waals surface area (Å²) in [5, 5.41) is 3.19. The molecule has 0 unspecified atom stereocenters. The highest BCUT2D eigenvalue weighted by Crippen LogP contribution is 2.31. The molecule has 0 aromatic heterocycles. The third-order valence-corrected chi connectivity index (χ3v) is 5.19. The van der Waals surface area contributed by atoms with Crippen LogP contribution in [-0.2, 0) is 14.3 Å². The van der Waals surface area contributed by atoms with E-state index in [0.29, 0.717) is 23.7 Å². The summed E-state index contributed by atoms with van der Waals surface area (Å²) < 4.78 is 10.8. The molecule has 2 aromatic rings. The average Bonchev–Trinajstić information content (AvgIpc) is 2.97. The minimum absolute atomic E-state index is 0.200. The highest BCUT2D eigenvalue weighted by molar-refractivity contribution is 6.36. The molecular formula is C25H30N2O4. The second kappa shape index (κ2) is 9.79. The number of hydrogen-bond acceptors (Lipinski definition) is 5. The molecule has 0 radical (unpaired) electrons. The van der Waals surface area contributed by atoms with E-state index in [1.165, 1.54) is 4.90 Å². The standard InChI is InChI=1S/C25H30N2O4/c1-16(2)15-31-21-10-7-19(8-11-21)22-23(25(29)27(24(22)28)12-13-30-5)26-20-9-6-17(3)18(4)14-20/h6-11,14,16,26H,12-13,15H2,1-5H3. The van der Waals surface area contributed by atoms with Crippen molar-refractivity contribution >= 4 is 23.1 Å². The number of aryl methyl sites for hydroxylation is 2. The third kappa shape index (κ3) is 5.14. The molecule has 0 bridgehead atoms. The molecule has 0 atom stereocenters. The minimum Gasteiger partial charge on any atom is -0.493 e. The van der Waals surface area contributed by atoms with Gasteiger partial charge in [-0.05, 0) is 60.7 Å². The van der Waals surface area contributed by atoms with Gasteiger partial charge in [0.15, 0.2) is 0 Å². The molecule has 6 heteroatoms. The molecule has 164 valence electrons. The lowest BCUT2D eigenvalue weighted by Gasteiger charge is -2.14. The summed E-state index contributed by atoms with van der Waals surface area (Å²) in [6.45, 7) is 9.31. The number of imide groups is 1. The van der Waals surface area contributed by atoms with Crippen LogP contribution in [-0.4, -0.2) is 43.6 Å². The lowest BCUT2D eigenvalue weighted by molar-refractivity contribution is -0.137.